The monoisotopic (exact) mass is 379 g/mol. The van der Waals surface area contributed by atoms with Crippen molar-refractivity contribution in [1.29, 1.82) is 0 Å². The molecule has 1 unspecified atom stereocenters. The molecule has 1 heterocycles. The number of allylic oxidation sites excluding steroid dienone is 1. The fraction of sp³-hybridized carbons (Fsp3) is 0.190. The van der Waals surface area contributed by atoms with E-state index in [2.05, 4.69) is 10.3 Å². The van der Waals surface area contributed by atoms with Gasteiger partial charge in [-0.1, -0.05) is 42.5 Å². The Bertz CT molecular complexity index is 918. The molecule has 0 aliphatic carbocycles. The van der Waals surface area contributed by atoms with Gasteiger partial charge in [-0.05, 0) is 43.2 Å². The van der Waals surface area contributed by atoms with E-state index >= 15 is 0 Å². The lowest BCUT2D eigenvalue weighted by molar-refractivity contribution is -0.138. The number of hydrogen-bond acceptors (Lipinski definition) is 7. The van der Waals surface area contributed by atoms with Crippen LogP contribution in [0.4, 0.5) is 10.5 Å². The highest BCUT2D eigenvalue weighted by Crippen LogP contribution is 2.25. The van der Waals surface area contributed by atoms with E-state index in [1.807, 2.05) is 30.3 Å². The molecule has 0 saturated carbocycles. The van der Waals surface area contributed by atoms with Crippen molar-refractivity contribution in [2.45, 2.75) is 25.6 Å². The summed E-state index contributed by atoms with van der Waals surface area (Å²) in [7, 11) is 0. The lowest BCUT2D eigenvalue weighted by Gasteiger charge is -2.25. The molecular formula is C21H21N3O4. The van der Waals surface area contributed by atoms with Gasteiger partial charge < -0.3 is 20.5 Å². The lowest BCUT2D eigenvalue weighted by Crippen LogP contribution is -2.32. The van der Waals surface area contributed by atoms with E-state index in [0.29, 0.717) is 5.69 Å². The standard InChI is InChI=1S/C21H21N3O4/c1-21(2,15-6-4-3-5-7-15)28-20(26)27-19(25)17-12-13-23-18(24-17)14-8-10-16(22)11-9-14/h3-13,18,24H,22H2,1-2H3. The van der Waals surface area contributed by atoms with Crippen molar-refractivity contribution in [3.05, 3.63) is 77.5 Å². The molecule has 0 spiro atoms. The summed E-state index contributed by atoms with van der Waals surface area (Å²) >= 11 is 0. The zero-order valence-corrected chi connectivity index (χ0v) is 15.6. The Morgan fingerprint density at radius 1 is 1.07 bits per heavy atom. The van der Waals surface area contributed by atoms with Crippen LogP contribution in [-0.2, 0) is 19.9 Å². The van der Waals surface area contributed by atoms with Gasteiger partial charge in [0.25, 0.3) is 0 Å². The second kappa shape index (κ2) is 7.96. The maximum absolute atomic E-state index is 12.3. The van der Waals surface area contributed by atoms with Gasteiger partial charge in [-0.2, -0.15) is 0 Å². The molecule has 0 fully saturated rings. The number of carbonyl (C=O) groups excluding carboxylic acids is 2. The number of ether oxygens (including phenoxy) is 2. The molecule has 2 aromatic rings. The molecule has 7 nitrogen and oxygen atoms in total. The topological polar surface area (TPSA) is 103 Å². The first-order valence-corrected chi connectivity index (χ1v) is 8.71. The predicted molar refractivity (Wildman–Crippen MR) is 105 cm³/mol. The van der Waals surface area contributed by atoms with Gasteiger partial charge in [0.2, 0.25) is 0 Å². The van der Waals surface area contributed by atoms with Gasteiger partial charge in [0.05, 0.1) is 0 Å². The maximum Gasteiger partial charge on any atom is 0.517 e. The quantitative estimate of drug-likeness (QED) is 0.479. The molecule has 144 valence electrons. The van der Waals surface area contributed by atoms with Crippen molar-refractivity contribution in [3.63, 3.8) is 0 Å². The Morgan fingerprint density at radius 3 is 2.43 bits per heavy atom. The van der Waals surface area contributed by atoms with Gasteiger partial charge in [0.1, 0.15) is 17.5 Å². The number of nitrogen functional groups attached to an aromatic ring is 1. The molecule has 0 bridgehead atoms. The van der Waals surface area contributed by atoms with Crippen LogP contribution in [-0.4, -0.2) is 18.3 Å². The fourth-order valence-electron chi connectivity index (χ4n) is 2.67. The van der Waals surface area contributed by atoms with Crippen LogP contribution in [0.1, 0.15) is 31.1 Å². The number of rotatable bonds is 4. The maximum atomic E-state index is 12.3. The molecule has 0 saturated heterocycles. The summed E-state index contributed by atoms with van der Waals surface area (Å²) in [6, 6.07) is 16.3. The molecule has 1 aliphatic rings. The number of nitrogens with one attached hydrogen (secondary N) is 1. The van der Waals surface area contributed by atoms with Gasteiger partial charge in [0, 0.05) is 11.9 Å². The van der Waals surface area contributed by atoms with Crippen LogP contribution in [0, 0.1) is 0 Å². The molecule has 7 heteroatoms. The molecule has 1 aliphatic heterocycles. The first-order chi connectivity index (χ1) is 13.3. The lowest BCUT2D eigenvalue weighted by atomic mass is 9.98. The van der Waals surface area contributed by atoms with Gasteiger partial charge in [-0.25, -0.2) is 9.59 Å². The second-order valence-corrected chi connectivity index (χ2v) is 6.71. The third kappa shape index (κ3) is 4.56. The van der Waals surface area contributed by atoms with Gasteiger partial charge in [-0.3, -0.25) is 4.99 Å². The van der Waals surface area contributed by atoms with Crippen LogP contribution in [0.3, 0.4) is 0 Å². The van der Waals surface area contributed by atoms with E-state index < -0.39 is 23.9 Å². The number of esters is 1. The van der Waals surface area contributed by atoms with E-state index in [1.54, 1.807) is 38.1 Å². The van der Waals surface area contributed by atoms with E-state index in [4.69, 9.17) is 15.2 Å². The number of benzene rings is 2. The molecule has 1 atom stereocenters. The van der Waals surface area contributed by atoms with E-state index in [9.17, 15) is 9.59 Å². The van der Waals surface area contributed by atoms with Crippen molar-refractivity contribution in [1.82, 2.24) is 5.32 Å². The minimum atomic E-state index is -1.08. The molecule has 3 rings (SSSR count). The summed E-state index contributed by atoms with van der Waals surface area (Å²) in [5.74, 6) is -0.847. The number of carbonyl (C=O) groups is 2. The van der Waals surface area contributed by atoms with Crippen molar-refractivity contribution in [3.8, 4) is 0 Å². The Labute approximate surface area is 162 Å². The van der Waals surface area contributed by atoms with Crippen LogP contribution in [0.2, 0.25) is 0 Å². The highest BCUT2D eigenvalue weighted by atomic mass is 16.7. The van der Waals surface area contributed by atoms with Gasteiger partial charge >= 0.3 is 12.1 Å². The normalized spacial score (nSPS) is 15.9. The van der Waals surface area contributed by atoms with E-state index in [1.165, 1.54) is 12.3 Å². The first kappa shape index (κ1) is 19.2. The average molecular weight is 379 g/mol. The SMILES string of the molecule is CC(C)(OC(=O)OC(=O)C1=CC=NC(c2ccc(N)cc2)N1)c1ccccc1. The molecular weight excluding hydrogens is 358 g/mol. The van der Waals surface area contributed by atoms with Crippen LogP contribution in [0.5, 0.6) is 0 Å². The Hall–Kier alpha value is -3.61. The zero-order chi connectivity index (χ0) is 20.1. The zero-order valence-electron chi connectivity index (χ0n) is 15.6. The van der Waals surface area contributed by atoms with Crippen LogP contribution in [0.25, 0.3) is 0 Å². The van der Waals surface area contributed by atoms with Gasteiger partial charge in [-0.15, -0.1) is 0 Å². The van der Waals surface area contributed by atoms with Gasteiger partial charge in [0.15, 0.2) is 0 Å². The molecule has 0 aromatic heterocycles. The number of anilines is 1. The van der Waals surface area contributed by atoms with E-state index in [0.717, 1.165) is 11.1 Å². The average Bonchev–Trinajstić information content (AvgIpc) is 2.69. The highest BCUT2D eigenvalue weighted by molar-refractivity contribution is 5.98. The van der Waals surface area contributed by atoms with Crippen LogP contribution in [0.15, 0.2) is 71.4 Å². The number of nitrogens with zero attached hydrogens (tertiary/aromatic N) is 1. The Morgan fingerprint density at radius 2 is 1.75 bits per heavy atom. The number of nitrogens with two attached hydrogens (primary N) is 1. The van der Waals surface area contributed by atoms with Crippen molar-refractivity contribution in [2.24, 2.45) is 4.99 Å². The summed E-state index contributed by atoms with van der Waals surface area (Å²) in [6.45, 7) is 3.44. The van der Waals surface area contributed by atoms with E-state index in [-0.39, 0.29) is 5.70 Å². The minimum absolute atomic E-state index is 0.103. The van der Waals surface area contributed by atoms with Crippen molar-refractivity contribution >= 4 is 24.0 Å². The fourth-order valence-corrected chi connectivity index (χ4v) is 2.67. The summed E-state index contributed by atoms with van der Waals surface area (Å²) in [5.41, 5.74) is 7.07. The van der Waals surface area contributed by atoms with Crippen molar-refractivity contribution < 1.29 is 19.1 Å². The molecule has 2 aromatic carbocycles. The summed E-state index contributed by atoms with van der Waals surface area (Å²) in [4.78, 5) is 28.7. The third-order valence-electron chi connectivity index (χ3n) is 4.22. The Balaban J connectivity index is 1.61. The first-order valence-electron chi connectivity index (χ1n) is 8.71. The minimum Gasteiger partial charge on any atom is -0.423 e. The largest absolute Gasteiger partial charge is 0.517 e. The van der Waals surface area contributed by atoms with Crippen LogP contribution < -0.4 is 11.1 Å². The summed E-state index contributed by atoms with van der Waals surface area (Å²) < 4.78 is 10.2. The molecule has 0 radical (unpaired) electrons. The number of aliphatic imine (C=N–C) groups is 1. The predicted octanol–water partition coefficient (Wildman–Crippen LogP) is 3.44. The third-order valence-corrected chi connectivity index (χ3v) is 4.22. The smallest absolute Gasteiger partial charge is 0.423 e. The molecule has 0 amide bonds. The number of hydrogen-bond donors (Lipinski definition) is 2. The molecule has 28 heavy (non-hydrogen) atoms. The second-order valence-electron chi connectivity index (χ2n) is 6.71. The van der Waals surface area contributed by atoms with Crippen molar-refractivity contribution in [2.75, 3.05) is 5.73 Å². The highest BCUT2D eigenvalue weighted by Gasteiger charge is 2.29. The van der Waals surface area contributed by atoms with Crippen LogP contribution >= 0.6 is 0 Å². The Kier molecular flexibility index (Phi) is 5.44. The summed E-state index contributed by atoms with van der Waals surface area (Å²) in [5, 5.41) is 2.93. The molecule has 3 N–H and O–H groups in total. The summed E-state index contributed by atoms with van der Waals surface area (Å²) in [6.07, 6.45) is 1.36.